The first-order valence-electron chi connectivity index (χ1n) is 4.57. The summed E-state index contributed by atoms with van der Waals surface area (Å²) >= 11 is 6.07. The van der Waals surface area contributed by atoms with Crippen LogP contribution in [-0.2, 0) is 0 Å². The van der Waals surface area contributed by atoms with Gasteiger partial charge in [-0.3, -0.25) is 0 Å². The van der Waals surface area contributed by atoms with E-state index in [9.17, 15) is 0 Å². The molecule has 0 fully saturated rings. The number of thiol groups is 1. The van der Waals surface area contributed by atoms with Crippen LogP contribution in [0.25, 0.3) is 0 Å². The lowest BCUT2D eigenvalue weighted by molar-refractivity contribution is 0.862. The first-order valence-corrected chi connectivity index (χ1v) is 6.19. The van der Waals surface area contributed by atoms with E-state index in [1.165, 1.54) is 10.5 Å². The summed E-state index contributed by atoms with van der Waals surface area (Å²) in [5.74, 6) is 2.65. The second-order valence-corrected chi connectivity index (χ2v) is 4.91. The maximum absolute atomic E-state index is 4.20. The van der Waals surface area contributed by atoms with Gasteiger partial charge in [0.2, 0.25) is 0 Å². The van der Waals surface area contributed by atoms with E-state index in [0.29, 0.717) is 5.92 Å². The number of rotatable bonds is 4. The number of benzene rings is 1. The van der Waals surface area contributed by atoms with Crippen molar-refractivity contribution in [2.24, 2.45) is 0 Å². The summed E-state index contributed by atoms with van der Waals surface area (Å²) in [5, 5.41) is 0. The van der Waals surface area contributed by atoms with E-state index in [-0.39, 0.29) is 0 Å². The van der Waals surface area contributed by atoms with E-state index in [2.05, 4.69) is 50.7 Å². The van der Waals surface area contributed by atoms with Crippen LogP contribution in [0, 0.1) is 0 Å². The van der Waals surface area contributed by atoms with Gasteiger partial charge in [0.25, 0.3) is 0 Å². The van der Waals surface area contributed by atoms with Crippen molar-refractivity contribution in [1.29, 1.82) is 0 Å². The van der Waals surface area contributed by atoms with Gasteiger partial charge in [-0.25, -0.2) is 0 Å². The second-order valence-electron chi connectivity index (χ2n) is 3.30. The Balaban J connectivity index is 2.68. The van der Waals surface area contributed by atoms with Gasteiger partial charge in [-0.1, -0.05) is 26.0 Å². The summed E-state index contributed by atoms with van der Waals surface area (Å²) in [7, 11) is 0. The zero-order valence-electron chi connectivity index (χ0n) is 8.16. The lowest BCUT2D eigenvalue weighted by Crippen LogP contribution is -1.87. The van der Waals surface area contributed by atoms with E-state index < -0.39 is 0 Å². The van der Waals surface area contributed by atoms with Crippen molar-refractivity contribution in [2.75, 3.05) is 11.5 Å². The maximum atomic E-state index is 4.20. The van der Waals surface area contributed by atoms with E-state index >= 15 is 0 Å². The lowest BCUT2D eigenvalue weighted by atomic mass is 10.0. The van der Waals surface area contributed by atoms with Crippen LogP contribution in [0.4, 0.5) is 0 Å². The molecule has 13 heavy (non-hydrogen) atoms. The minimum atomic E-state index is 0.622. The fourth-order valence-electron chi connectivity index (χ4n) is 1.13. The van der Waals surface area contributed by atoms with Crippen LogP contribution in [0.5, 0.6) is 0 Å². The Morgan fingerprint density at radius 1 is 1.38 bits per heavy atom. The molecule has 0 unspecified atom stereocenters. The largest absolute Gasteiger partial charge is 0.178 e. The molecule has 0 aliphatic carbocycles. The van der Waals surface area contributed by atoms with Gasteiger partial charge in [-0.05, 0) is 29.4 Å². The normalized spacial score (nSPS) is 10.8. The molecule has 0 aromatic heterocycles. The highest BCUT2D eigenvalue weighted by atomic mass is 32.2. The van der Waals surface area contributed by atoms with E-state index in [1.807, 2.05) is 11.8 Å². The summed E-state index contributed by atoms with van der Waals surface area (Å²) in [6.07, 6.45) is 0. The Hall–Kier alpha value is -0.0800. The van der Waals surface area contributed by atoms with Crippen molar-refractivity contribution in [1.82, 2.24) is 0 Å². The van der Waals surface area contributed by atoms with Gasteiger partial charge in [-0.15, -0.1) is 11.8 Å². The molecule has 0 amide bonds. The number of thioether (sulfide) groups is 1. The summed E-state index contributed by atoms with van der Waals surface area (Å²) in [4.78, 5) is 1.36. The predicted molar refractivity (Wildman–Crippen MR) is 65.1 cm³/mol. The fraction of sp³-hybridized carbons (Fsp3) is 0.455. The highest BCUT2D eigenvalue weighted by Crippen LogP contribution is 2.22. The topological polar surface area (TPSA) is 0 Å². The van der Waals surface area contributed by atoms with Crippen LogP contribution in [-0.4, -0.2) is 11.5 Å². The van der Waals surface area contributed by atoms with Gasteiger partial charge >= 0.3 is 0 Å². The predicted octanol–water partition coefficient (Wildman–Crippen LogP) is 3.83. The van der Waals surface area contributed by atoms with E-state index in [1.54, 1.807) is 0 Å². The van der Waals surface area contributed by atoms with Crippen molar-refractivity contribution in [3.63, 3.8) is 0 Å². The van der Waals surface area contributed by atoms with Crippen molar-refractivity contribution < 1.29 is 0 Å². The number of hydrogen-bond donors (Lipinski definition) is 1. The molecule has 1 rings (SSSR count). The van der Waals surface area contributed by atoms with Gasteiger partial charge in [-0.2, -0.15) is 12.6 Å². The maximum Gasteiger partial charge on any atom is 0.00750 e. The molecule has 2 heteroatoms. The van der Waals surface area contributed by atoms with Crippen molar-refractivity contribution in [3.05, 3.63) is 29.8 Å². The minimum Gasteiger partial charge on any atom is -0.178 e. The van der Waals surface area contributed by atoms with Crippen LogP contribution >= 0.6 is 24.4 Å². The first-order chi connectivity index (χ1) is 6.24. The average molecular weight is 212 g/mol. The molecular weight excluding hydrogens is 196 g/mol. The summed E-state index contributed by atoms with van der Waals surface area (Å²) in [5.41, 5.74) is 1.42. The molecule has 0 atom stereocenters. The molecule has 0 radical (unpaired) electrons. The Bertz CT molecular complexity index is 256. The third kappa shape index (κ3) is 3.65. The van der Waals surface area contributed by atoms with Crippen LogP contribution < -0.4 is 0 Å². The number of hydrogen-bond acceptors (Lipinski definition) is 2. The molecule has 0 saturated carbocycles. The van der Waals surface area contributed by atoms with Crippen LogP contribution in [0.2, 0.25) is 0 Å². The van der Waals surface area contributed by atoms with Gasteiger partial charge in [0.05, 0.1) is 0 Å². The van der Waals surface area contributed by atoms with Gasteiger partial charge in [0.15, 0.2) is 0 Å². The SMILES string of the molecule is CC(C)c1cccc(SCCS)c1. The van der Waals surface area contributed by atoms with Crippen molar-refractivity contribution in [2.45, 2.75) is 24.7 Å². The minimum absolute atomic E-state index is 0.622. The van der Waals surface area contributed by atoms with Crippen molar-refractivity contribution in [3.8, 4) is 0 Å². The smallest absolute Gasteiger partial charge is 0.00750 e. The average Bonchev–Trinajstić information content (AvgIpc) is 2.15. The Morgan fingerprint density at radius 2 is 2.15 bits per heavy atom. The molecule has 1 aromatic carbocycles. The van der Waals surface area contributed by atoms with E-state index in [4.69, 9.17) is 0 Å². The molecule has 1 aromatic rings. The van der Waals surface area contributed by atoms with E-state index in [0.717, 1.165) is 11.5 Å². The third-order valence-electron chi connectivity index (χ3n) is 1.88. The Labute approximate surface area is 90.5 Å². The Kier molecular flexibility index (Phi) is 4.74. The van der Waals surface area contributed by atoms with Crippen LogP contribution in [0.3, 0.4) is 0 Å². The first kappa shape index (κ1) is 11.0. The second kappa shape index (κ2) is 5.61. The van der Waals surface area contributed by atoms with Crippen molar-refractivity contribution >= 4 is 24.4 Å². The molecule has 0 saturated heterocycles. The molecule has 0 N–H and O–H groups in total. The zero-order valence-corrected chi connectivity index (χ0v) is 9.87. The summed E-state index contributed by atoms with van der Waals surface area (Å²) < 4.78 is 0. The molecular formula is C11H16S2. The van der Waals surface area contributed by atoms with Gasteiger partial charge in [0.1, 0.15) is 0 Å². The summed E-state index contributed by atoms with van der Waals surface area (Å²) in [6, 6.07) is 8.77. The highest BCUT2D eigenvalue weighted by molar-refractivity contribution is 8.00. The third-order valence-corrected chi connectivity index (χ3v) is 3.41. The Morgan fingerprint density at radius 3 is 2.77 bits per heavy atom. The molecule has 0 aliphatic heterocycles. The fourth-order valence-corrected chi connectivity index (χ4v) is 2.12. The molecule has 0 aliphatic rings. The van der Waals surface area contributed by atoms with Crippen LogP contribution in [0.1, 0.15) is 25.3 Å². The highest BCUT2D eigenvalue weighted by Gasteiger charge is 1.99. The standard InChI is InChI=1S/C11H16S2/c1-9(2)10-4-3-5-11(8-10)13-7-6-12/h3-5,8-9,12H,6-7H2,1-2H3. The monoisotopic (exact) mass is 212 g/mol. The lowest BCUT2D eigenvalue weighted by Gasteiger charge is -2.06. The zero-order chi connectivity index (χ0) is 9.68. The molecule has 0 spiro atoms. The molecule has 0 nitrogen and oxygen atoms in total. The molecule has 72 valence electrons. The van der Waals surface area contributed by atoms with Gasteiger partial charge in [0, 0.05) is 10.6 Å². The summed E-state index contributed by atoms with van der Waals surface area (Å²) in [6.45, 7) is 4.45. The van der Waals surface area contributed by atoms with Crippen LogP contribution in [0.15, 0.2) is 29.2 Å². The molecule has 0 heterocycles. The van der Waals surface area contributed by atoms with Gasteiger partial charge < -0.3 is 0 Å². The molecule has 0 bridgehead atoms. The quantitative estimate of drug-likeness (QED) is 0.584.